The van der Waals surface area contributed by atoms with Gasteiger partial charge >= 0.3 is 0 Å². The molecule has 1 aromatic heterocycles. The van der Waals surface area contributed by atoms with E-state index in [-0.39, 0.29) is 0 Å². The number of rotatable bonds is 3. The second kappa shape index (κ2) is 3.78. The minimum Gasteiger partial charge on any atom is -0.242 e. The molecule has 14 heavy (non-hydrogen) atoms. The highest BCUT2D eigenvalue weighted by molar-refractivity contribution is 5.73. The van der Waals surface area contributed by atoms with Crippen LogP contribution in [0, 0.1) is 0 Å². The summed E-state index contributed by atoms with van der Waals surface area (Å²) in [6, 6.07) is 8.53. The van der Waals surface area contributed by atoms with Crippen LogP contribution in [0.2, 0.25) is 0 Å². The summed E-state index contributed by atoms with van der Waals surface area (Å²) >= 11 is 0. The van der Waals surface area contributed by atoms with E-state index in [0.29, 0.717) is 6.04 Å². The molecule has 3 heteroatoms. The maximum atomic E-state index is 4.18. The number of nitrogens with zero attached hydrogens (tertiary/aromatic N) is 3. The van der Waals surface area contributed by atoms with Gasteiger partial charge in [0, 0.05) is 0 Å². The number of benzene rings is 1. The molecule has 74 valence electrons. The average Bonchev–Trinajstić information content (AvgIpc) is 2.61. The molecular formula is C11H15N3. The van der Waals surface area contributed by atoms with Crippen LogP contribution in [0.4, 0.5) is 0 Å². The summed E-state index contributed by atoms with van der Waals surface area (Å²) in [7, 11) is 0. The van der Waals surface area contributed by atoms with Crippen LogP contribution >= 0.6 is 0 Å². The predicted octanol–water partition coefficient (Wildman–Crippen LogP) is 2.79. The summed E-state index contributed by atoms with van der Waals surface area (Å²) in [4.78, 5) is 0. The van der Waals surface area contributed by atoms with Crippen molar-refractivity contribution in [2.75, 3.05) is 0 Å². The molecule has 1 heterocycles. The Bertz CT molecular complexity index is 419. The van der Waals surface area contributed by atoms with Crippen molar-refractivity contribution < 1.29 is 0 Å². The van der Waals surface area contributed by atoms with E-state index in [2.05, 4.69) is 30.2 Å². The molecule has 0 saturated heterocycles. The maximum absolute atomic E-state index is 4.18. The Morgan fingerprint density at radius 2 is 2.14 bits per heavy atom. The Balaban J connectivity index is 2.42. The topological polar surface area (TPSA) is 30.7 Å². The normalized spacial score (nSPS) is 13.3. The molecule has 1 aromatic carbocycles. The molecule has 0 bridgehead atoms. The van der Waals surface area contributed by atoms with Crippen molar-refractivity contribution in [3.63, 3.8) is 0 Å². The molecule has 0 aliphatic rings. The second-order valence-corrected chi connectivity index (χ2v) is 3.66. The maximum Gasteiger partial charge on any atom is 0.113 e. The van der Waals surface area contributed by atoms with Gasteiger partial charge in [0.2, 0.25) is 0 Å². The van der Waals surface area contributed by atoms with Gasteiger partial charge in [-0.2, -0.15) is 0 Å². The first kappa shape index (κ1) is 9.19. The molecule has 0 spiro atoms. The van der Waals surface area contributed by atoms with Crippen LogP contribution in [-0.4, -0.2) is 15.0 Å². The fourth-order valence-electron chi connectivity index (χ4n) is 1.75. The molecule has 1 atom stereocenters. The number of hydrogen-bond donors (Lipinski definition) is 0. The van der Waals surface area contributed by atoms with Gasteiger partial charge in [-0.25, -0.2) is 4.68 Å². The van der Waals surface area contributed by atoms with E-state index in [4.69, 9.17) is 0 Å². The molecule has 0 saturated carbocycles. The Hall–Kier alpha value is -1.38. The van der Waals surface area contributed by atoms with Gasteiger partial charge in [-0.05, 0) is 25.5 Å². The number of hydrogen-bond acceptors (Lipinski definition) is 2. The van der Waals surface area contributed by atoms with Gasteiger partial charge in [-0.3, -0.25) is 0 Å². The van der Waals surface area contributed by atoms with E-state index in [9.17, 15) is 0 Å². The zero-order chi connectivity index (χ0) is 9.97. The van der Waals surface area contributed by atoms with Crippen LogP contribution in [0.3, 0.4) is 0 Å². The molecule has 2 aromatic rings. The number of aromatic nitrogens is 3. The van der Waals surface area contributed by atoms with Gasteiger partial charge in [0.05, 0.1) is 11.6 Å². The second-order valence-electron chi connectivity index (χ2n) is 3.66. The zero-order valence-electron chi connectivity index (χ0n) is 8.64. The van der Waals surface area contributed by atoms with Gasteiger partial charge in [-0.15, -0.1) is 5.10 Å². The Labute approximate surface area is 83.7 Å². The SMILES string of the molecule is CCCC(C)n1nnc2ccccc21. The van der Waals surface area contributed by atoms with Crippen molar-refractivity contribution in [1.29, 1.82) is 0 Å². The van der Waals surface area contributed by atoms with E-state index in [0.717, 1.165) is 17.5 Å². The van der Waals surface area contributed by atoms with Crippen LogP contribution in [0.5, 0.6) is 0 Å². The smallest absolute Gasteiger partial charge is 0.113 e. The zero-order valence-corrected chi connectivity index (χ0v) is 8.64. The summed E-state index contributed by atoms with van der Waals surface area (Å²) in [6.45, 7) is 4.38. The molecule has 0 radical (unpaired) electrons. The van der Waals surface area contributed by atoms with Gasteiger partial charge < -0.3 is 0 Å². The van der Waals surface area contributed by atoms with Crippen LogP contribution in [0.25, 0.3) is 11.0 Å². The molecule has 0 N–H and O–H groups in total. The third kappa shape index (κ3) is 1.50. The van der Waals surface area contributed by atoms with Crippen molar-refractivity contribution in [2.24, 2.45) is 0 Å². The molecule has 0 aliphatic heterocycles. The molecule has 0 fully saturated rings. The van der Waals surface area contributed by atoms with Crippen LogP contribution in [0.15, 0.2) is 24.3 Å². The van der Waals surface area contributed by atoms with Gasteiger partial charge in [0.1, 0.15) is 5.52 Å². The summed E-state index contributed by atoms with van der Waals surface area (Å²) in [5, 5.41) is 8.32. The van der Waals surface area contributed by atoms with Gasteiger partial charge in [0.15, 0.2) is 0 Å². The van der Waals surface area contributed by atoms with Crippen molar-refractivity contribution in [2.45, 2.75) is 32.7 Å². The minimum atomic E-state index is 0.437. The number of para-hydroxylation sites is 1. The van der Waals surface area contributed by atoms with Crippen LogP contribution in [0.1, 0.15) is 32.7 Å². The van der Waals surface area contributed by atoms with E-state index < -0.39 is 0 Å². The lowest BCUT2D eigenvalue weighted by molar-refractivity contribution is 0.455. The van der Waals surface area contributed by atoms with E-state index >= 15 is 0 Å². The van der Waals surface area contributed by atoms with Crippen molar-refractivity contribution in [3.8, 4) is 0 Å². The third-order valence-corrected chi connectivity index (χ3v) is 2.50. The molecule has 2 rings (SSSR count). The van der Waals surface area contributed by atoms with Crippen molar-refractivity contribution in [3.05, 3.63) is 24.3 Å². The van der Waals surface area contributed by atoms with Crippen molar-refractivity contribution in [1.82, 2.24) is 15.0 Å². The lowest BCUT2D eigenvalue weighted by Gasteiger charge is -2.10. The quantitative estimate of drug-likeness (QED) is 0.743. The van der Waals surface area contributed by atoms with Gasteiger partial charge in [-0.1, -0.05) is 30.7 Å². The fourth-order valence-corrected chi connectivity index (χ4v) is 1.75. The minimum absolute atomic E-state index is 0.437. The molecular weight excluding hydrogens is 174 g/mol. The lowest BCUT2D eigenvalue weighted by Crippen LogP contribution is -2.06. The highest BCUT2D eigenvalue weighted by Gasteiger charge is 2.08. The molecule has 1 unspecified atom stereocenters. The Morgan fingerprint density at radius 1 is 1.36 bits per heavy atom. The average molecular weight is 189 g/mol. The van der Waals surface area contributed by atoms with Crippen molar-refractivity contribution >= 4 is 11.0 Å². The monoisotopic (exact) mass is 189 g/mol. The van der Waals surface area contributed by atoms with Gasteiger partial charge in [0.25, 0.3) is 0 Å². The largest absolute Gasteiger partial charge is 0.242 e. The summed E-state index contributed by atoms with van der Waals surface area (Å²) in [5.74, 6) is 0. The first-order chi connectivity index (χ1) is 6.83. The summed E-state index contributed by atoms with van der Waals surface area (Å²) < 4.78 is 2.01. The highest BCUT2D eigenvalue weighted by Crippen LogP contribution is 2.18. The van der Waals surface area contributed by atoms with E-state index in [1.807, 2.05) is 22.9 Å². The first-order valence-corrected chi connectivity index (χ1v) is 5.13. The van der Waals surface area contributed by atoms with Crippen LogP contribution < -0.4 is 0 Å². The first-order valence-electron chi connectivity index (χ1n) is 5.13. The van der Waals surface area contributed by atoms with Crippen LogP contribution in [-0.2, 0) is 0 Å². The number of fused-ring (bicyclic) bond motifs is 1. The Morgan fingerprint density at radius 3 is 2.93 bits per heavy atom. The van der Waals surface area contributed by atoms with E-state index in [1.54, 1.807) is 0 Å². The predicted molar refractivity (Wildman–Crippen MR) is 57.1 cm³/mol. The van der Waals surface area contributed by atoms with E-state index in [1.165, 1.54) is 6.42 Å². The fraction of sp³-hybridized carbons (Fsp3) is 0.455. The summed E-state index contributed by atoms with van der Waals surface area (Å²) in [5.41, 5.74) is 2.11. The lowest BCUT2D eigenvalue weighted by atomic mass is 10.2. The third-order valence-electron chi connectivity index (χ3n) is 2.50. The molecule has 0 aliphatic carbocycles. The summed E-state index contributed by atoms with van der Waals surface area (Å²) in [6.07, 6.45) is 2.32. The highest BCUT2D eigenvalue weighted by atomic mass is 15.4. The molecule has 0 amide bonds. The standard InChI is InChI=1S/C11H15N3/c1-3-6-9(2)14-11-8-5-4-7-10(11)12-13-14/h4-5,7-9H,3,6H2,1-2H3. The molecule has 3 nitrogen and oxygen atoms in total. The Kier molecular flexibility index (Phi) is 2.48.